The number of hydrogen-bond donors (Lipinski definition) is 4. The average Bonchev–Trinajstić information content (AvgIpc) is 3.29. The molecule has 3 heterocycles. The molecule has 0 spiro atoms. The number of hydrogen-bond acceptors (Lipinski definition) is 10. The number of nitrogens with zero attached hydrogens (tertiary/aromatic N) is 4. The van der Waals surface area contributed by atoms with Gasteiger partial charge >= 0.3 is 0 Å². The highest BCUT2D eigenvalue weighted by atomic mass is 35.5. The van der Waals surface area contributed by atoms with Crippen molar-refractivity contribution >= 4 is 28.6 Å². The lowest BCUT2D eigenvalue weighted by Crippen LogP contribution is -2.33. The first kappa shape index (κ1) is 20.7. The van der Waals surface area contributed by atoms with Crippen LogP contribution in [0.1, 0.15) is 6.23 Å². The molecule has 0 bridgehead atoms. The number of nitrogens with one attached hydrogen (secondary N) is 1. The van der Waals surface area contributed by atoms with Crippen LogP contribution in [0.3, 0.4) is 0 Å². The van der Waals surface area contributed by atoms with Crippen LogP contribution in [0, 0.1) is 0 Å². The summed E-state index contributed by atoms with van der Waals surface area (Å²) in [6, 6.07) is 9.32. The van der Waals surface area contributed by atoms with Crippen LogP contribution >= 0.6 is 11.6 Å². The average molecular weight is 438 g/mol. The highest BCUT2D eigenvalue weighted by molar-refractivity contribution is 6.28. The number of para-hydroxylation sites is 1. The third kappa shape index (κ3) is 4.17. The zero-order chi connectivity index (χ0) is 21.1. The van der Waals surface area contributed by atoms with Crippen LogP contribution in [0.2, 0.25) is 5.28 Å². The van der Waals surface area contributed by atoms with Gasteiger partial charge < -0.3 is 24.8 Å². The van der Waals surface area contributed by atoms with Crippen molar-refractivity contribution in [2.75, 3.05) is 25.3 Å². The molecule has 4 atom stereocenters. The number of fused-ring (bicyclic) bond motifs is 1. The van der Waals surface area contributed by atoms with Gasteiger partial charge in [-0.3, -0.25) is 9.40 Å². The van der Waals surface area contributed by atoms with Gasteiger partial charge in [-0.25, -0.2) is 10.5 Å². The minimum atomic E-state index is -1.28. The van der Waals surface area contributed by atoms with Crippen molar-refractivity contribution in [3.05, 3.63) is 41.9 Å². The Kier molecular flexibility index (Phi) is 6.27. The molecule has 4 rings (SSSR count). The normalized spacial score (nSPS) is 23.7. The minimum Gasteiger partial charge on any atom is -0.491 e. The molecule has 3 aromatic rings. The maximum atomic E-state index is 10.3. The fraction of sp³-hybridized carbons (Fsp3) is 0.389. The summed E-state index contributed by atoms with van der Waals surface area (Å²) in [6.45, 7) is 0.0757. The van der Waals surface area contributed by atoms with Gasteiger partial charge in [-0.05, 0) is 23.7 Å². The SMILES string of the molecule is OC[C@H]1O[C@@H](n2cnc3c(NOCCOc4ccccc4)nc(Cl)nc32)C(O)C1O. The van der Waals surface area contributed by atoms with Crippen LogP contribution in [0.4, 0.5) is 5.82 Å². The van der Waals surface area contributed by atoms with Gasteiger partial charge in [0.2, 0.25) is 5.28 Å². The highest BCUT2D eigenvalue weighted by Crippen LogP contribution is 2.32. The van der Waals surface area contributed by atoms with E-state index in [1.54, 1.807) is 0 Å². The quantitative estimate of drug-likeness (QED) is 0.223. The van der Waals surface area contributed by atoms with E-state index in [0.717, 1.165) is 5.75 Å². The number of aliphatic hydroxyl groups is 3. The molecular weight excluding hydrogens is 418 g/mol. The van der Waals surface area contributed by atoms with Gasteiger partial charge in [0.1, 0.15) is 37.3 Å². The summed E-state index contributed by atoms with van der Waals surface area (Å²) in [7, 11) is 0. The van der Waals surface area contributed by atoms with Gasteiger partial charge in [0.05, 0.1) is 12.9 Å². The van der Waals surface area contributed by atoms with Crippen molar-refractivity contribution in [1.29, 1.82) is 0 Å². The first-order chi connectivity index (χ1) is 14.6. The zero-order valence-electron chi connectivity index (χ0n) is 15.6. The second-order valence-electron chi connectivity index (χ2n) is 6.51. The molecule has 30 heavy (non-hydrogen) atoms. The molecule has 0 amide bonds. The Bertz CT molecular complexity index is 990. The molecule has 1 aromatic carbocycles. The van der Waals surface area contributed by atoms with Crippen LogP contribution in [0.5, 0.6) is 5.75 Å². The van der Waals surface area contributed by atoms with Gasteiger partial charge in [0.15, 0.2) is 23.2 Å². The second-order valence-corrected chi connectivity index (χ2v) is 6.84. The minimum absolute atomic E-state index is 0.0809. The van der Waals surface area contributed by atoms with Gasteiger partial charge in [-0.1, -0.05) is 18.2 Å². The standard InChI is InChI=1S/C18H20ClN5O6/c19-18-21-15(23-29-7-6-28-10-4-2-1-3-5-10)12-16(22-18)24(9-20-12)17-14(27)13(26)11(8-25)30-17/h1-5,9,11,13-14,17,25-27H,6-8H2,(H,21,22,23)/t11-,13?,14?,17-/m1/s1. The maximum absolute atomic E-state index is 10.3. The van der Waals surface area contributed by atoms with Crippen LogP contribution in [0.15, 0.2) is 36.7 Å². The Labute approximate surface area is 175 Å². The lowest BCUT2D eigenvalue weighted by Gasteiger charge is -2.16. The molecule has 2 unspecified atom stereocenters. The van der Waals surface area contributed by atoms with Crippen LogP contribution in [-0.4, -0.2) is 73.0 Å². The number of halogens is 1. The Morgan fingerprint density at radius 2 is 1.93 bits per heavy atom. The molecule has 0 saturated carbocycles. The van der Waals surface area contributed by atoms with E-state index >= 15 is 0 Å². The largest absolute Gasteiger partial charge is 0.491 e. The van der Waals surface area contributed by atoms with E-state index in [9.17, 15) is 15.3 Å². The van der Waals surface area contributed by atoms with E-state index in [1.807, 2.05) is 30.3 Å². The summed E-state index contributed by atoms with van der Waals surface area (Å²) in [5.41, 5.74) is 3.26. The number of ether oxygens (including phenoxy) is 2. The molecule has 1 saturated heterocycles. The number of aliphatic hydroxyl groups excluding tert-OH is 3. The van der Waals surface area contributed by atoms with Crippen LogP contribution < -0.4 is 10.2 Å². The molecule has 160 valence electrons. The fourth-order valence-electron chi connectivity index (χ4n) is 3.09. The third-order valence-electron chi connectivity index (χ3n) is 4.55. The van der Waals surface area contributed by atoms with Crippen molar-refractivity contribution < 1.29 is 29.6 Å². The number of anilines is 1. The van der Waals surface area contributed by atoms with Crippen LogP contribution in [-0.2, 0) is 9.57 Å². The molecule has 2 aromatic heterocycles. The monoisotopic (exact) mass is 437 g/mol. The molecule has 12 heteroatoms. The van der Waals surface area contributed by atoms with Crippen LogP contribution in [0.25, 0.3) is 11.2 Å². The summed E-state index contributed by atoms with van der Waals surface area (Å²) in [5.74, 6) is 0.945. The summed E-state index contributed by atoms with van der Waals surface area (Å²) < 4.78 is 12.5. The molecule has 4 N–H and O–H groups in total. The van der Waals surface area contributed by atoms with Gasteiger partial charge in [0.25, 0.3) is 0 Å². The summed E-state index contributed by atoms with van der Waals surface area (Å²) in [5, 5.41) is 29.4. The molecule has 0 radical (unpaired) electrons. The first-order valence-electron chi connectivity index (χ1n) is 9.16. The molecule has 1 fully saturated rings. The summed E-state index contributed by atoms with van der Waals surface area (Å²) in [4.78, 5) is 17.8. The maximum Gasteiger partial charge on any atom is 0.226 e. The van der Waals surface area contributed by atoms with Gasteiger partial charge in [-0.2, -0.15) is 9.97 Å². The first-order valence-corrected chi connectivity index (χ1v) is 9.54. The molecule has 1 aliphatic heterocycles. The van der Waals surface area contributed by atoms with Crippen molar-refractivity contribution in [2.45, 2.75) is 24.5 Å². The summed E-state index contributed by atoms with van der Waals surface area (Å²) >= 11 is 6.02. The molecule has 1 aliphatic rings. The van der Waals surface area contributed by atoms with E-state index in [0.29, 0.717) is 12.1 Å². The third-order valence-corrected chi connectivity index (χ3v) is 4.72. The van der Waals surface area contributed by atoms with E-state index in [1.165, 1.54) is 10.9 Å². The van der Waals surface area contributed by atoms with Crippen molar-refractivity contribution in [3.8, 4) is 5.75 Å². The van der Waals surface area contributed by atoms with Crippen molar-refractivity contribution in [3.63, 3.8) is 0 Å². The van der Waals surface area contributed by atoms with E-state index < -0.39 is 31.1 Å². The number of imidazole rings is 1. The van der Waals surface area contributed by atoms with Crippen molar-refractivity contribution in [1.82, 2.24) is 19.5 Å². The fourth-order valence-corrected chi connectivity index (χ4v) is 3.26. The number of benzene rings is 1. The number of aromatic nitrogens is 4. The number of rotatable bonds is 8. The Hall–Kier alpha value is -2.54. The molecular formula is C18H20ClN5O6. The van der Waals surface area contributed by atoms with Gasteiger partial charge in [-0.15, -0.1) is 0 Å². The van der Waals surface area contributed by atoms with E-state index in [4.69, 9.17) is 25.9 Å². The van der Waals surface area contributed by atoms with Gasteiger partial charge in [0, 0.05) is 0 Å². The van der Waals surface area contributed by atoms with E-state index in [-0.39, 0.29) is 23.4 Å². The summed E-state index contributed by atoms with van der Waals surface area (Å²) in [6.07, 6.45) is -3.08. The predicted molar refractivity (Wildman–Crippen MR) is 105 cm³/mol. The lowest BCUT2D eigenvalue weighted by atomic mass is 10.1. The Balaban J connectivity index is 1.45. The van der Waals surface area contributed by atoms with Crippen molar-refractivity contribution in [2.24, 2.45) is 0 Å². The zero-order valence-corrected chi connectivity index (χ0v) is 16.4. The smallest absolute Gasteiger partial charge is 0.226 e. The van der Waals surface area contributed by atoms with E-state index in [2.05, 4.69) is 20.4 Å². The lowest BCUT2D eigenvalue weighted by molar-refractivity contribution is -0.0511. The topological polar surface area (TPSA) is 144 Å². The molecule has 11 nitrogen and oxygen atoms in total. The predicted octanol–water partition coefficient (Wildman–Crippen LogP) is 0.514. The Morgan fingerprint density at radius 1 is 1.13 bits per heavy atom. The highest BCUT2D eigenvalue weighted by Gasteiger charge is 2.44. The second kappa shape index (κ2) is 9.08. The Morgan fingerprint density at radius 3 is 2.67 bits per heavy atom. The molecule has 0 aliphatic carbocycles.